The Bertz CT molecular complexity index is 698. The highest BCUT2D eigenvalue weighted by molar-refractivity contribution is 7.98. The number of furan rings is 1. The molecule has 0 fully saturated rings. The molecule has 0 aliphatic heterocycles. The molecule has 18 heavy (non-hydrogen) atoms. The molecule has 0 bridgehead atoms. The predicted octanol–water partition coefficient (Wildman–Crippen LogP) is 1.98. The minimum Gasteiger partial charge on any atom is -0.463 e. The summed E-state index contributed by atoms with van der Waals surface area (Å²) in [6.45, 7) is 0. The van der Waals surface area contributed by atoms with Crippen molar-refractivity contribution < 1.29 is 4.42 Å². The molecular formula is C11H9N5OS. The van der Waals surface area contributed by atoms with Crippen LogP contribution in [-0.4, -0.2) is 26.2 Å². The molecule has 3 aromatic heterocycles. The summed E-state index contributed by atoms with van der Waals surface area (Å²) in [5.41, 5.74) is 7.41. The van der Waals surface area contributed by atoms with Crippen molar-refractivity contribution in [1.82, 2.24) is 19.9 Å². The lowest BCUT2D eigenvalue weighted by Gasteiger charge is -2.03. The number of anilines is 1. The van der Waals surface area contributed by atoms with Gasteiger partial charge in [-0.1, -0.05) is 11.8 Å². The molecule has 0 aliphatic carbocycles. The van der Waals surface area contributed by atoms with Crippen LogP contribution in [0.5, 0.6) is 0 Å². The van der Waals surface area contributed by atoms with Crippen LogP contribution in [0.4, 0.5) is 5.82 Å². The highest BCUT2D eigenvalue weighted by atomic mass is 32.2. The molecule has 3 rings (SSSR count). The maximum Gasteiger partial charge on any atom is 0.191 e. The van der Waals surface area contributed by atoms with E-state index in [1.54, 1.807) is 18.5 Å². The van der Waals surface area contributed by atoms with Crippen molar-refractivity contribution in [3.63, 3.8) is 0 Å². The zero-order valence-electron chi connectivity index (χ0n) is 9.49. The molecule has 6 nitrogen and oxygen atoms in total. The Hall–Kier alpha value is -2.15. The van der Waals surface area contributed by atoms with E-state index >= 15 is 0 Å². The van der Waals surface area contributed by atoms with Crippen molar-refractivity contribution in [3.8, 4) is 11.5 Å². The van der Waals surface area contributed by atoms with E-state index < -0.39 is 0 Å². The van der Waals surface area contributed by atoms with Crippen molar-refractivity contribution in [2.45, 2.75) is 5.16 Å². The number of hydrogen-bond acceptors (Lipinski definition) is 7. The van der Waals surface area contributed by atoms with Crippen LogP contribution < -0.4 is 5.73 Å². The number of aromatic nitrogens is 4. The minimum atomic E-state index is 0.336. The monoisotopic (exact) mass is 259 g/mol. The van der Waals surface area contributed by atoms with Gasteiger partial charge < -0.3 is 10.2 Å². The third kappa shape index (κ3) is 1.78. The standard InChI is InChI=1S/C11H9N5OS/c1-18-11-15-9(12)8-10(16-11)14-6(5-13-8)7-3-2-4-17-7/h2-5H,1H3,(H2,12,14,15,16). The second-order valence-electron chi connectivity index (χ2n) is 3.50. The first-order valence-corrected chi connectivity index (χ1v) is 6.38. The van der Waals surface area contributed by atoms with E-state index in [4.69, 9.17) is 10.2 Å². The molecule has 0 aliphatic rings. The number of fused-ring (bicyclic) bond motifs is 1. The lowest BCUT2D eigenvalue weighted by molar-refractivity contribution is 0.580. The summed E-state index contributed by atoms with van der Waals surface area (Å²) in [5, 5.41) is 0.575. The fraction of sp³-hybridized carbons (Fsp3) is 0.0909. The summed E-state index contributed by atoms with van der Waals surface area (Å²) < 4.78 is 5.27. The molecule has 0 atom stereocenters. The number of rotatable bonds is 2. The van der Waals surface area contributed by atoms with E-state index in [0.29, 0.717) is 33.6 Å². The van der Waals surface area contributed by atoms with Gasteiger partial charge in [0.1, 0.15) is 11.2 Å². The first kappa shape index (κ1) is 11.0. The highest BCUT2D eigenvalue weighted by Gasteiger charge is 2.10. The SMILES string of the molecule is CSc1nc(N)c2ncc(-c3ccco3)nc2n1. The van der Waals surface area contributed by atoms with Gasteiger partial charge in [-0.05, 0) is 18.4 Å². The van der Waals surface area contributed by atoms with Crippen molar-refractivity contribution >= 4 is 28.7 Å². The summed E-state index contributed by atoms with van der Waals surface area (Å²) >= 11 is 1.41. The zero-order valence-corrected chi connectivity index (χ0v) is 10.3. The van der Waals surface area contributed by atoms with Crippen LogP contribution in [0, 0.1) is 0 Å². The van der Waals surface area contributed by atoms with Gasteiger partial charge >= 0.3 is 0 Å². The number of nitrogen functional groups attached to an aromatic ring is 1. The van der Waals surface area contributed by atoms with Crippen LogP contribution in [0.2, 0.25) is 0 Å². The Morgan fingerprint density at radius 3 is 2.89 bits per heavy atom. The maximum absolute atomic E-state index is 5.81. The van der Waals surface area contributed by atoms with Gasteiger partial charge in [0.25, 0.3) is 0 Å². The van der Waals surface area contributed by atoms with Gasteiger partial charge in [0.15, 0.2) is 22.4 Å². The van der Waals surface area contributed by atoms with Crippen molar-refractivity contribution in [2.24, 2.45) is 0 Å². The Labute approximate surface area is 107 Å². The Balaban J connectivity index is 2.22. The summed E-state index contributed by atoms with van der Waals surface area (Å²) in [6, 6.07) is 3.61. The second-order valence-corrected chi connectivity index (χ2v) is 4.27. The highest BCUT2D eigenvalue weighted by Crippen LogP contribution is 2.22. The number of hydrogen-bond donors (Lipinski definition) is 1. The average Bonchev–Trinajstić information content (AvgIpc) is 2.91. The molecule has 7 heteroatoms. The average molecular weight is 259 g/mol. The fourth-order valence-corrected chi connectivity index (χ4v) is 1.91. The first-order valence-electron chi connectivity index (χ1n) is 5.16. The molecule has 0 amide bonds. The first-order chi connectivity index (χ1) is 8.78. The van der Waals surface area contributed by atoms with E-state index in [1.807, 2.05) is 12.3 Å². The predicted molar refractivity (Wildman–Crippen MR) is 69.0 cm³/mol. The van der Waals surface area contributed by atoms with Crippen molar-refractivity contribution in [3.05, 3.63) is 24.6 Å². The Morgan fingerprint density at radius 2 is 2.17 bits per heavy atom. The number of thioether (sulfide) groups is 1. The molecule has 0 spiro atoms. The fourth-order valence-electron chi connectivity index (χ4n) is 1.54. The molecule has 2 N–H and O–H groups in total. The quantitative estimate of drug-likeness (QED) is 0.555. The Kier molecular flexibility index (Phi) is 2.60. The van der Waals surface area contributed by atoms with Gasteiger partial charge in [-0.15, -0.1) is 0 Å². The van der Waals surface area contributed by atoms with Gasteiger partial charge in [0.05, 0.1) is 12.5 Å². The molecule has 0 saturated carbocycles. The molecule has 0 saturated heterocycles. The molecule has 0 radical (unpaired) electrons. The van der Waals surface area contributed by atoms with Crippen LogP contribution in [0.25, 0.3) is 22.6 Å². The third-order valence-corrected chi connectivity index (χ3v) is 2.92. The van der Waals surface area contributed by atoms with Crippen LogP contribution in [0.3, 0.4) is 0 Å². The van der Waals surface area contributed by atoms with E-state index in [0.717, 1.165) is 0 Å². The smallest absolute Gasteiger partial charge is 0.191 e. The molecule has 3 heterocycles. The summed E-state index contributed by atoms with van der Waals surface area (Å²) in [4.78, 5) is 17.0. The molecule has 0 unspecified atom stereocenters. The topological polar surface area (TPSA) is 90.7 Å². The summed E-state index contributed by atoms with van der Waals surface area (Å²) in [7, 11) is 0. The van der Waals surface area contributed by atoms with Crippen molar-refractivity contribution in [1.29, 1.82) is 0 Å². The van der Waals surface area contributed by atoms with E-state index in [9.17, 15) is 0 Å². The third-order valence-electron chi connectivity index (χ3n) is 2.37. The van der Waals surface area contributed by atoms with E-state index in [1.165, 1.54) is 11.8 Å². The van der Waals surface area contributed by atoms with Gasteiger partial charge in [0, 0.05) is 0 Å². The second kappa shape index (κ2) is 4.26. The molecule has 0 aromatic carbocycles. The molecular weight excluding hydrogens is 250 g/mol. The largest absolute Gasteiger partial charge is 0.463 e. The number of nitrogens with zero attached hydrogens (tertiary/aromatic N) is 4. The normalized spacial score (nSPS) is 10.9. The minimum absolute atomic E-state index is 0.336. The van der Waals surface area contributed by atoms with Gasteiger partial charge in [0.2, 0.25) is 0 Å². The maximum atomic E-state index is 5.81. The summed E-state index contributed by atoms with van der Waals surface area (Å²) in [6.07, 6.45) is 5.06. The van der Waals surface area contributed by atoms with Crippen LogP contribution in [0.1, 0.15) is 0 Å². The Morgan fingerprint density at radius 1 is 1.28 bits per heavy atom. The van der Waals surface area contributed by atoms with E-state index in [-0.39, 0.29) is 0 Å². The van der Waals surface area contributed by atoms with Crippen LogP contribution in [-0.2, 0) is 0 Å². The number of nitrogens with two attached hydrogens (primary N) is 1. The van der Waals surface area contributed by atoms with Crippen LogP contribution >= 0.6 is 11.8 Å². The zero-order chi connectivity index (χ0) is 12.5. The van der Waals surface area contributed by atoms with Crippen LogP contribution in [0.15, 0.2) is 34.2 Å². The molecule has 90 valence electrons. The van der Waals surface area contributed by atoms with E-state index in [2.05, 4.69) is 19.9 Å². The summed E-state index contributed by atoms with van der Waals surface area (Å²) in [5.74, 6) is 0.982. The molecule has 3 aromatic rings. The van der Waals surface area contributed by atoms with Crippen molar-refractivity contribution in [2.75, 3.05) is 12.0 Å². The lowest BCUT2D eigenvalue weighted by atomic mass is 10.3. The lowest BCUT2D eigenvalue weighted by Crippen LogP contribution is -2.00. The van der Waals surface area contributed by atoms with Gasteiger partial charge in [-0.2, -0.15) is 0 Å². The van der Waals surface area contributed by atoms with Gasteiger partial charge in [-0.25, -0.2) is 19.9 Å². The van der Waals surface area contributed by atoms with Gasteiger partial charge in [-0.3, -0.25) is 0 Å².